The van der Waals surface area contributed by atoms with Crippen LogP contribution in [0.2, 0.25) is 0 Å². The zero-order valence-electron chi connectivity index (χ0n) is 15.2. The van der Waals surface area contributed by atoms with Gasteiger partial charge in [0.2, 0.25) is 0 Å². The molecule has 1 aliphatic rings. The van der Waals surface area contributed by atoms with Crippen molar-refractivity contribution in [3.63, 3.8) is 0 Å². The van der Waals surface area contributed by atoms with E-state index in [1.54, 1.807) is 0 Å². The minimum Gasteiger partial charge on any atom is -0.444 e. The maximum atomic E-state index is 11.9. The number of carbonyl (C=O) groups excluding carboxylic acids is 1. The third kappa shape index (κ3) is 5.21. The van der Waals surface area contributed by atoms with Crippen LogP contribution >= 0.6 is 0 Å². The molecule has 3 atom stereocenters. The number of benzene rings is 1. The third-order valence-corrected chi connectivity index (χ3v) is 4.33. The molecule has 0 aromatic heterocycles. The Morgan fingerprint density at radius 3 is 2.58 bits per heavy atom. The molecule has 1 aromatic carbocycles. The van der Waals surface area contributed by atoms with E-state index in [0.717, 1.165) is 13.0 Å². The van der Waals surface area contributed by atoms with Crippen molar-refractivity contribution in [2.45, 2.75) is 64.3 Å². The fraction of sp³-hybridized carbons (Fsp3) is 0.632. The first-order chi connectivity index (χ1) is 11.3. The molecule has 2 rings (SSSR count). The van der Waals surface area contributed by atoms with Crippen LogP contribution in [0.25, 0.3) is 0 Å². The van der Waals surface area contributed by atoms with Crippen LogP contribution in [-0.4, -0.2) is 46.9 Å². The summed E-state index contributed by atoms with van der Waals surface area (Å²) in [5, 5.41) is 13.3. The Balaban J connectivity index is 1.93. The van der Waals surface area contributed by atoms with E-state index in [2.05, 4.69) is 29.3 Å². The Kier molecular flexibility index (Phi) is 6.24. The van der Waals surface area contributed by atoms with Gasteiger partial charge in [-0.15, -0.1) is 0 Å². The number of alkyl carbamates (subject to hydrolysis) is 1. The summed E-state index contributed by atoms with van der Waals surface area (Å²) >= 11 is 0. The Bertz CT molecular complexity index is 527. The number of carbonyl (C=O) groups is 1. The van der Waals surface area contributed by atoms with E-state index in [1.807, 2.05) is 39.0 Å². The van der Waals surface area contributed by atoms with Gasteiger partial charge < -0.3 is 15.2 Å². The fourth-order valence-corrected chi connectivity index (χ4v) is 3.25. The zero-order chi connectivity index (χ0) is 17.7. The molecule has 0 aliphatic carbocycles. The van der Waals surface area contributed by atoms with Crippen molar-refractivity contribution in [1.29, 1.82) is 0 Å². The molecule has 5 heteroatoms. The summed E-state index contributed by atoms with van der Waals surface area (Å²) in [6.07, 6.45) is 0.643. The summed E-state index contributed by atoms with van der Waals surface area (Å²) in [7, 11) is 0. The monoisotopic (exact) mass is 334 g/mol. The number of β-amino-alcohol motifs (C(OH)–C–C–N with tert-alkyl or cyclic N) is 1. The first-order valence-corrected chi connectivity index (χ1v) is 8.76. The van der Waals surface area contributed by atoms with E-state index in [0.29, 0.717) is 19.0 Å². The molecule has 134 valence electrons. The van der Waals surface area contributed by atoms with Crippen molar-refractivity contribution >= 4 is 6.09 Å². The highest BCUT2D eigenvalue weighted by atomic mass is 16.6. The minimum atomic E-state index is -0.593. The van der Waals surface area contributed by atoms with E-state index in [-0.39, 0.29) is 6.04 Å². The van der Waals surface area contributed by atoms with Crippen LogP contribution in [0.4, 0.5) is 4.79 Å². The van der Waals surface area contributed by atoms with Gasteiger partial charge in [0.1, 0.15) is 5.60 Å². The first kappa shape index (κ1) is 18.7. The summed E-state index contributed by atoms with van der Waals surface area (Å²) in [5.41, 5.74) is 0.738. The van der Waals surface area contributed by atoms with E-state index < -0.39 is 17.8 Å². The number of likely N-dealkylation sites (tertiary alicyclic amines) is 1. The molecule has 2 N–H and O–H groups in total. The summed E-state index contributed by atoms with van der Waals surface area (Å²) in [6.45, 7) is 9.04. The third-order valence-electron chi connectivity index (χ3n) is 4.33. The Morgan fingerprint density at radius 2 is 2.04 bits per heavy atom. The number of aliphatic hydroxyl groups excluding tert-OH is 1. The van der Waals surface area contributed by atoms with Crippen LogP contribution in [0.5, 0.6) is 0 Å². The lowest BCUT2D eigenvalue weighted by molar-refractivity contribution is 0.00757. The van der Waals surface area contributed by atoms with E-state index >= 15 is 0 Å². The van der Waals surface area contributed by atoms with Crippen molar-refractivity contribution in [3.8, 4) is 0 Å². The summed E-state index contributed by atoms with van der Waals surface area (Å²) in [5.74, 6) is 0. The highest BCUT2D eigenvalue weighted by Gasteiger charge is 2.33. The number of hydrogen-bond acceptors (Lipinski definition) is 4. The van der Waals surface area contributed by atoms with Crippen LogP contribution in [0.3, 0.4) is 0 Å². The van der Waals surface area contributed by atoms with Crippen LogP contribution in [0.15, 0.2) is 30.3 Å². The fourth-order valence-electron chi connectivity index (χ4n) is 3.25. The summed E-state index contributed by atoms with van der Waals surface area (Å²) in [6, 6.07) is 10.4. The number of piperidine rings is 1. The number of aliphatic hydroxyl groups is 1. The van der Waals surface area contributed by atoms with Gasteiger partial charge in [0.05, 0.1) is 12.1 Å². The lowest BCUT2D eigenvalue weighted by Gasteiger charge is -2.40. The maximum Gasteiger partial charge on any atom is 0.407 e. The van der Waals surface area contributed by atoms with Crippen molar-refractivity contribution in [2.24, 2.45) is 0 Å². The lowest BCUT2D eigenvalue weighted by atomic mass is 9.96. The molecular formula is C19H30N2O3. The molecule has 1 amide bonds. The van der Waals surface area contributed by atoms with Crippen LogP contribution in [0, 0.1) is 0 Å². The molecule has 0 radical (unpaired) electrons. The lowest BCUT2D eigenvalue weighted by Crippen LogP contribution is -2.55. The van der Waals surface area contributed by atoms with Crippen LogP contribution < -0.4 is 5.32 Å². The summed E-state index contributed by atoms with van der Waals surface area (Å²) < 4.78 is 5.28. The molecule has 1 saturated heterocycles. The number of rotatable bonds is 4. The topological polar surface area (TPSA) is 61.8 Å². The molecule has 5 nitrogen and oxygen atoms in total. The molecule has 24 heavy (non-hydrogen) atoms. The van der Waals surface area contributed by atoms with E-state index in [4.69, 9.17) is 4.74 Å². The van der Waals surface area contributed by atoms with Gasteiger partial charge in [-0.25, -0.2) is 4.79 Å². The van der Waals surface area contributed by atoms with Gasteiger partial charge in [-0.3, -0.25) is 4.90 Å². The smallest absolute Gasteiger partial charge is 0.407 e. The molecule has 0 bridgehead atoms. The number of amides is 1. The van der Waals surface area contributed by atoms with Crippen molar-refractivity contribution in [2.75, 3.05) is 13.1 Å². The molecule has 1 fully saturated rings. The van der Waals surface area contributed by atoms with Crippen molar-refractivity contribution in [1.82, 2.24) is 10.2 Å². The standard InChI is InChI=1S/C19H30N2O3/c1-5-16(14-9-7-6-8-10-14)21-12-11-15(17(22)13-21)20-18(23)24-19(2,3)4/h6-10,15-17,22H,5,11-13H2,1-4H3,(H,20,23)/t15-,16?,17-/m0/s1. The van der Waals surface area contributed by atoms with Gasteiger partial charge in [0.25, 0.3) is 0 Å². The minimum absolute atomic E-state index is 0.260. The van der Waals surface area contributed by atoms with Crippen molar-refractivity contribution in [3.05, 3.63) is 35.9 Å². The Labute approximate surface area is 145 Å². The van der Waals surface area contributed by atoms with Gasteiger partial charge in [0.15, 0.2) is 0 Å². The Hall–Kier alpha value is -1.59. The summed E-state index contributed by atoms with van der Waals surface area (Å²) in [4.78, 5) is 14.2. The average molecular weight is 334 g/mol. The molecular weight excluding hydrogens is 304 g/mol. The highest BCUT2D eigenvalue weighted by molar-refractivity contribution is 5.68. The average Bonchev–Trinajstić information content (AvgIpc) is 2.50. The number of nitrogens with zero attached hydrogens (tertiary/aromatic N) is 1. The SMILES string of the molecule is CCC(c1ccccc1)N1CC[C@H](NC(=O)OC(C)(C)C)[C@@H](O)C1. The predicted molar refractivity (Wildman–Crippen MR) is 94.8 cm³/mol. The van der Waals surface area contributed by atoms with E-state index in [1.165, 1.54) is 5.56 Å². The van der Waals surface area contributed by atoms with Crippen LogP contribution in [0.1, 0.15) is 52.1 Å². The second-order valence-corrected chi connectivity index (χ2v) is 7.44. The largest absolute Gasteiger partial charge is 0.444 e. The van der Waals surface area contributed by atoms with Crippen LogP contribution in [-0.2, 0) is 4.74 Å². The number of ether oxygens (including phenoxy) is 1. The molecule has 0 saturated carbocycles. The quantitative estimate of drug-likeness (QED) is 0.888. The van der Waals surface area contributed by atoms with Gasteiger partial charge >= 0.3 is 6.09 Å². The number of nitrogens with one attached hydrogen (secondary N) is 1. The second kappa shape index (κ2) is 7.99. The molecule has 0 spiro atoms. The zero-order valence-corrected chi connectivity index (χ0v) is 15.2. The highest BCUT2D eigenvalue weighted by Crippen LogP contribution is 2.27. The molecule has 1 heterocycles. The number of hydrogen-bond donors (Lipinski definition) is 2. The molecule has 1 aromatic rings. The Morgan fingerprint density at radius 1 is 1.38 bits per heavy atom. The van der Waals surface area contributed by atoms with Crippen molar-refractivity contribution < 1.29 is 14.6 Å². The predicted octanol–water partition coefficient (Wildman–Crippen LogP) is 3.10. The second-order valence-electron chi connectivity index (χ2n) is 7.44. The van der Waals surface area contributed by atoms with Gasteiger partial charge in [0, 0.05) is 19.1 Å². The van der Waals surface area contributed by atoms with E-state index in [9.17, 15) is 9.90 Å². The molecule has 1 unspecified atom stereocenters. The normalized spacial score (nSPS) is 23.5. The van der Waals surface area contributed by atoms with Gasteiger partial charge in [-0.2, -0.15) is 0 Å². The first-order valence-electron chi connectivity index (χ1n) is 8.76. The molecule has 1 aliphatic heterocycles. The maximum absolute atomic E-state index is 11.9. The van der Waals surface area contributed by atoms with Gasteiger partial charge in [-0.1, -0.05) is 37.3 Å². The van der Waals surface area contributed by atoms with Gasteiger partial charge in [-0.05, 0) is 39.2 Å².